The number of nitrogens with one attached hydrogen (secondary N) is 2. The number of benzene rings is 3. The van der Waals surface area contributed by atoms with Crippen molar-refractivity contribution < 1.29 is 33.8 Å². The third-order valence-corrected chi connectivity index (χ3v) is 14.6. The van der Waals surface area contributed by atoms with E-state index in [9.17, 15) is 24.3 Å². The lowest BCUT2D eigenvalue weighted by molar-refractivity contribution is -0.144. The normalized spacial score (nSPS) is 16.8. The van der Waals surface area contributed by atoms with Gasteiger partial charge < -0.3 is 30.1 Å². The van der Waals surface area contributed by atoms with Gasteiger partial charge in [-0.25, -0.2) is 19.7 Å². The molecule has 0 spiro atoms. The number of rotatable bonds is 21. The average Bonchev–Trinajstić information content (AvgIpc) is 4.12. The van der Waals surface area contributed by atoms with Gasteiger partial charge in [0, 0.05) is 42.9 Å². The van der Waals surface area contributed by atoms with Crippen LogP contribution in [0.3, 0.4) is 0 Å². The topological polar surface area (TPSA) is 173 Å². The minimum absolute atomic E-state index is 0.0375. The first kappa shape index (κ1) is 53.1. The first-order valence-corrected chi connectivity index (χ1v) is 26.6. The van der Waals surface area contributed by atoms with Gasteiger partial charge in [0.15, 0.2) is 0 Å². The third kappa shape index (κ3) is 14.5. The van der Waals surface area contributed by atoms with Crippen LogP contribution in [0, 0.1) is 12.3 Å². The van der Waals surface area contributed by atoms with Gasteiger partial charge in [0.2, 0.25) is 17.7 Å². The Bertz CT molecular complexity index is 2610. The highest BCUT2D eigenvalue weighted by Gasteiger charge is 2.44. The molecule has 1 aliphatic carbocycles. The Morgan fingerprint density at radius 2 is 1.52 bits per heavy atom. The van der Waals surface area contributed by atoms with Crippen LogP contribution < -0.4 is 15.4 Å². The number of aromatic nitrogens is 3. The number of hydrogen-bond acceptors (Lipinski definition) is 11. The summed E-state index contributed by atoms with van der Waals surface area (Å²) in [6, 6.07) is 18.3. The van der Waals surface area contributed by atoms with Crippen LogP contribution in [0.1, 0.15) is 165 Å². The van der Waals surface area contributed by atoms with Crippen molar-refractivity contribution in [1.82, 2.24) is 30.5 Å². The molecule has 3 N–H and O–H groups in total. The van der Waals surface area contributed by atoms with Crippen LogP contribution >= 0.6 is 11.3 Å². The number of unbranched alkanes of at least 4 members (excludes halogenated alkanes) is 7. The molecule has 1 saturated heterocycles. The second-order valence-electron chi connectivity index (χ2n) is 21.6. The van der Waals surface area contributed by atoms with Crippen molar-refractivity contribution in [2.75, 3.05) is 13.2 Å². The lowest BCUT2D eigenvalue weighted by Crippen LogP contribution is -2.57. The van der Waals surface area contributed by atoms with Crippen LogP contribution in [0.25, 0.3) is 32.6 Å². The van der Waals surface area contributed by atoms with Gasteiger partial charge in [-0.15, -0.1) is 11.3 Å². The maximum atomic E-state index is 14.0. The van der Waals surface area contributed by atoms with Gasteiger partial charge in [0.05, 0.1) is 45.6 Å². The summed E-state index contributed by atoms with van der Waals surface area (Å²) in [5.74, 6) is -0.0525. The van der Waals surface area contributed by atoms with E-state index in [-0.39, 0.29) is 43.2 Å². The standard InChI is InChI=1S/C57H74N6O7S/c1-37-51(71-36-61-37)40-23-21-38(22-24-40)33-58-53(66)48-31-42(64)34-63(48)54(67)52(56(2,3)4)62-49(65)20-14-12-10-8-9-11-13-17-29-69-43-26-28-45-47(32-43)59-35-60-50(45)41-25-27-44(55(68)70-57(5,6)7)46(30-41)39-18-15-16-19-39/h21-28,30,32,35-36,39,42,48,52,64H,8-20,29,31,33-34H2,1-7H3,(H,58,66)(H,62,65). The molecule has 2 aromatic heterocycles. The van der Waals surface area contributed by atoms with E-state index in [1.54, 1.807) is 17.7 Å². The SMILES string of the molecule is Cc1ncsc1-c1ccc(CNC(=O)C2CC(O)CN2C(=O)C(NC(=O)CCCCCCCCCCOc2ccc3c(-c4ccc(C(=O)OC(C)(C)C)c(C5CCCC5)c4)ncnc3c2)C(C)(C)C)cc1. The van der Waals surface area contributed by atoms with Crippen LogP contribution in [0.5, 0.6) is 5.75 Å². The van der Waals surface area contributed by atoms with E-state index in [0.717, 1.165) is 132 Å². The Balaban J connectivity index is 0.795. The summed E-state index contributed by atoms with van der Waals surface area (Å²) in [5.41, 5.74) is 7.88. The second-order valence-corrected chi connectivity index (χ2v) is 22.4. The van der Waals surface area contributed by atoms with E-state index >= 15 is 0 Å². The monoisotopic (exact) mass is 987 g/mol. The molecule has 3 aromatic carbocycles. The number of ether oxygens (including phenoxy) is 2. The number of aliphatic hydroxyl groups excluding tert-OH is 1. The van der Waals surface area contributed by atoms with Gasteiger partial charge in [-0.05, 0) is 106 Å². The van der Waals surface area contributed by atoms with E-state index < -0.39 is 29.2 Å². The Kier molecular flexibility index (Phi) is 18.0. The number of aryl methyl sites for hydroxylation is 1. The number of nitrogens with zero attached hydrogens (tertiary/aromatic N) is 4. The summed E-state index contributed by atoms with van der Waals surface area (Å²) in [7, 11) is 0. The largest absolute Gasteiger partial charge is 0.494 e. The molecule has 14 heteroatoms. The van der Waals surface area contributed by atoms with Crippen LogP contribution in [-0.4, -0.2) is 85.6 Å². The maximum absolute atomic E-state index is 14.0. The minimum atomic E-state index is -0.844. The Morgan fingerprint density at radius 1 is 0.831 bits per heavy atom. The molecular weight excluding hydrogens is 913 g/mol. The van der Waals surface area contributed by atoms with Crippen molar-refractivity contribution >= 4 is 45.9 Å². The number of carbonyl (C=O) groups is 4. The van der Waals surface area contributed by atoms with Gasteiger partial charge in [0.25, 0.3) is 0 Å². The van der Waals surface area contributed by atoms with Crippen LogP contribution in [0.4, 0.5) is 0 Å². The summed E-state index contributed by atoms with van der Waals surface area (Å²) < 4.78 is 11.9. The summed E-state index contributed by atoms with van der Waals surface area (Å²) in [6.45, 7) is 14.3. The minimum Gasteiger partial charge on any atom is -0.494 e. The molecule has 0 radical (unpaired) electrons. The number of hydrogen-bond donors (Lipinski definition) is 3. The van der Waals surface area contributed by atoms with Crippen LogP contribution in [0.2, 0.25) is 0 Å². The number of aliphatic hydroxyl groups is 1. The maximum Gasteiger partial charge on any atom is 0.338 e. The first-order chi connectivity index (χ1) is 33.9. The fourth-order valence-corrected chi connectivity index (χ4v) is 10.6. The summed E-state index contributed by atoms with van der Waals surface area (Å²) >= 11 is 1.59. The van der Waals surface area contributed by atoms with Crippen LogP contribution in [-0.2, 0) is 25.7 Å². The zero-order valence-corrected chi connectivity index (χ0v) is 43.7. The number of thiazole rings is 1. The highest BCUT2D eigenvalue weighted by Crippen LogP contribution is 2.39. The smallest absolute Gasteiger partial charge is 0.338 e. The third-order valence-electron chi connectivity index (χ3n) is 13.6. The molecule has 2 fully saturated rings. The van der Waals surface area contributed by atoms with Gasteiger partial charge in [-0.1, -0.05) is 102 Å². The zero-order valence-electron chi connectivity index (χ0n) is 42.9. The van der Waals surface area contributed by atoms with Crippen molar-refractivity contribution in [2.24, 2.45) is 5.41 Å². The average molecular weight is 987 g/mol. The highest BCUT2D eigenvalue weighted by molar-refractivity contribution is 7.13. The zero-order chi connectivity index (χ0) is 50.7. The van der Waals surface area contributed by atoms with Crippen molar-refractivity contribution in [2.45, 2.75) is 175 Å². The molecule has 7 rings (SSSR count). The molecule has 380 valence electrons. The molecule has 3 amide bonds. The number of amides is 3. The molecule has 1 aliphatic heterocycles. The number of carbonyl (C=O) groups excluding carboxylic acids is 4. The molecule has 3 unspecified atom stereocenters. The molecule has 2 aliphatic rings. The number of fused-ring (bicyclic) bond motifs is 1. The van der Waals surface area contributed by atoms with Crippen molar-refractivity contribution in [3.63, 3.8) is 0 Å². The molecular formula is C57H74N6O7S. The lowest BCUT2D eigenvalue weighted by Gasteiger charge is -2.35. The van der Waals surface area contributed by atoms with E-state index in [2.05, 4.69) is 31.7 Å². The summed E-state index contributed by atoms with van der Waals surface area (Å²) in [4.78, 5) is 70.1. The van der Waals surface area contributed by atoms with Gasteiger partial charge in [-0.2, -0.15) is 0 Å². The fraction of sp³-hybridized carbons (Fsp3) is 0.526. The van der Waals surface area contributed by atoms with E-state index in [0.29, 0.717) is 24.5 Å². The van der Waals surface area contributed by atoms with Crippen molar-refractivity contribution in [3.05, 3.63) is 94.9 Å². The molecule has 3 heterocycles. The molecule has 1 saturated carbocycles. The van der Waals surface area contributed by atoms with E-state index in [4.69, 9.17) is 9.47 Å². The number of esters is 1. The molecule has 13 nitrogen and oxygen atoms in total. The molecule has 5 aromatic rings. The summed E-state index contributed by atoms with van der Waals surface area (Å²) in [6.07, 6.45) is 13.6. The first-order valence-electron chi connectivity index (χ1n) is 25.8. The molecule has 0 bridgehead atoms. The predicted molar refractivity (Wildman–Crippen MR) is 280 cm³/mol. The van der Waals surface area contributed by atoms with Crippen molar-refractivity contribution in [1.29, 1.82) is 0 Å². The molecule has 3 atom stereocenters. The van der Waals surface area contributed by atoms with E-state index in [1.165, 1.54) is 4.90 Å². The quantitative estimate of drug-likeness (QED) is 0.0474. The van der Waals surface area contributed by atoms with Crippen molar-refractivity contribution in [3.8, 4) is 27.4 Å². The number of β-amino-alcohol motifs (C(OH)–C–C–N with tert-alkyl or cyclic N) is 1. The Labute approximate surface area is 424 Å². The molecule has 71 heavy (non-hydrogen) atoms. The van der Waals surface area contributed by atoms with E-state index in [1.807, 2.05) is 109 Å². The Morgan fingerprint density at radius 3 is 2.20 bits per heavy atom. The number of likely N-dealkylation sites (tertiary alicyclic amines) is 1. The Hall–Kier alpha value is -5.73. The van der Waals surface area contributed by atoms with Gasteiger partial charge in [-0.3, -0.25) is 14.4 Å². The fourth-order valence-electron chi connectivity index (χ4n) is 9.81. The van der Waals surface area contributed by atoms with Crippen LogP contribution in [0.15, 0.2) is 72.5 Å². The predicted octanol–water partition coefficient (Wildman–Crippen LogP) is 11.0. The van der Waals surface area contributed by atoms with Gasteiger partial charge >= 0.3 is 5.97 Å². The van der Waals surface area contributed by atoms with Gasteiger partial charge in [0.1, 0.15) is 29.8 Å². The second kappa shape index (κ2) is 24.1. The summed E-state index contributed by atoms with van der Waals surface area (Å²) in [5, 5.41) is 17.5. The lowest BCUT2D eigenvalue weighted by atomic mass is 9.85. The highest BCUT2D eigenvalue weighted by atomic mass is 32.1.